The Balaban J connectivity index is 2.46. The Hall–Kier alpha value is -0.900. The first-order valence-electron chi connectivity index (χ1n) is 6.33. The minimum atomic E-state index is -0.262. The summed E-state index contributed by atoms with van der Waals surface area (Å²) in [6, 6.07) is 0. The van der Waals surface area contributed by atoms with Crippen molar-refractivity contribution in [3.05, 3.63) is 0 Å². The van der Waals surface area contributed by atoms with Gasteiger partial charge in [0.1, 0.15) is 5.78 Å². The van der Waals surface area contributed by atoms with Gasteiger partial charge in [0.05, 0.1) is 6.54 Å². The molecule has 0 unspecified atom stereocenters. The third-order valence-electron chi connectivity index (χ3n) is 3.29. The molecule has 1 amide bonds. The molecular weight excluding hydrogens is 216 g/mol. The van der Waals surface area contributed by atoms with Crippen LogP contribution in [0, 0.1) is 11.3 Å². The smallest absolute Gasteiger partial charge is 0.236 e. The first-order chi connectivity index (χ1) is 7.86. The molecule has 1 saturated heterocycles. The van der Waals surface area contributed by atoms with E-state index in [1.807, 2.05) is 25.7 Å². The van der Waals surface area contributed by atoms with Gasteiger partial charge in [-0.05, 0) is 19.9 Å². The van der Waals surface area contributed by atoms with Crippen molar-refractivity contribution >= 4 is 11.7 Å². The summed E-state index contributed by atoms with van der Waals surface area (Å²) in [5.74, 6) is 0.598. The van der Waals surface area contributed by atoms with Crippen LogP contribution < -0.4 is 5.32 Å². The van der Waals surface area contributed by atoms with Crippen LogP contribution in [-0.4, -0.2) is 43.3 Å². The molecule has 0 saturated carbocycles. The van der Waals surface area contributed by atoms with Crippen LogP contribution in [0.4, 0.5) is 0 Å². The Morgan fingerprint density at radius 2 is 1.76 bits per heavy atom. The lowest BCUT2D eigenvalue weighted by atomic mass is 9.79. The second kappa shape index (κ2) is 5.63. The summed E-state index contributed by atoms with van der Waals surface area (Å²) in [5, 5.41) is 2.86. The predicted molar refractivity (Wildman–Crippen MR) is 67.7 cm³/mol. The molecule has 0 spiro atoms. The molecule has 17 heavy (non-hydrogen) atoms. The Morgan fingerprint density at radius 3 is 2.18 bits per heavy atom. The highest BCUT2D eigenvalue weighted by Crippen LogP contribution is 2.27. The van der Waals surface area contributed by atoms with Crippen LogP contribution in [0.3, 0.4) is 0 Å². The molecule has 98 valence electrons. The molecule has 0 aromatic heterocycles. The molecule has 0 radical (unpaired) electrons. The van der Waals surface area contributed by atoms with Gasteiger partial charge in [0.2, 0.25) is 5.91 Å². The number of likely N-dealkylation sites (N-methyl/N-ethyl adjacent to an activating group) is 1. The number of ketones is 1. The number of nitrogens with one attached hydrogen (secondary N) is 1. The van der Waals surface area contributed by atoms with Gasteiger partial charge in [-0.15, -0.1) is 0 Å². The van der Waals surface area contributed by atoms with Crippen molar-refractivity contribution in [2.45, 2.75) is 33.6 Å². The van der Waals surface area contributed by atoms with Gasteiger partial charge >= 0.3 is 0 Å². The van der Waals surface area contributed by atoms with E-state index in [2.05, 4.69) is 5.32 Å². The zero-order valence-corrected chi connectivity index (χ0v) is 11.4. The highest BCUT2D eigenvalue weighted by Gasteiger charge is 2.32. The molecule has 1 aliphatic heterocycles. The SMILES string of the molecule is CNCC(=O)N1CCC(C(=O)C(C)(C)C)CC1. The van der Waals surface area contributed by atoms with Gasteiger partial charge in [0, 0.05) is 24.4 Å². The van der Waals surface area contributed by atoms with E-state index < -0.39 is 0 Å². The third-order valence-corrected chi connectivity index (χ3v) is 3.29. The van der Waals surface area contributed by atoms with Crippen molar-refractivity contribution < 1.29 is 9.59 Å². The fraction of sp³-hybridized carbons (Fsp3) is 0.846. The van der Waals surface area contributed by atoms with E-state index in [-0.39, 0.29) is 17.2 Å². The van der Waals surface area contributed by atoms with Crippen LogP contribution in [0.5, 0.6) is 0 Å². The lowest BCUT2D eigenvalue weighted by molar-refractivity contribution is -0.137. The lowest BCUT2D eigenvalue weighted by Gasteiger charge is -2.34. The minimum absolute atomic E-state index is 0.133. The second-order valence-corrected chi connectivity index (χ2v) is 5.80. The number of amides is 1. The Labute approximate surface area is 104 Å². The molecule has 1 rings (SSSR count). The quantitative estimate of drug-likeness (QED) is 0.802. The summed E-state index contributed by atoms with van der Waals surface area (Å²) < 4.78 is 0. The molecule has 0 aromatic rings. The van der Waals surface area contributed by atoms with Crippen molar-refractivity contribution in [3.8, 4) is 0 Å². The zero-order valence-electron chi connectivity index (χ0n) is 11.4. The van der Waals surface area contributed by atoms with Crippen molar-refractivity contribution in [1.29, 1.82) is 0 Å². The van der Waals surface area contributed by atoms with E-state index in [9.17, 15) is 9.59 Å². The van der Waals surface area contributed by atoms with Gasteiger partial charge in [0.25, 0.3) is 0 Å². The van der Waals surface area contributed by atoms with Crippen LogP contribution in [0.15, 0.2) is 0 Å². The average Bonchev–Trinajstić information content (AvgIpc) is 2.27. The summed E-state index contributed by atoms with van der Waals surface area (Å²) in [5.41, 5.74) is -0.262. The van der Waals surface area contributed by atoms with Gasteiger partial charge < -0.3 is 10.2 Å². The topological polar surface area (TPSA) is 49.4 Å². The molecule has 0 aromatic carbocycles. The summed E-state index contributed by atoms with van der Waals surface area (Å²) in [6.07, 6.45) is 1.62. The van der Waals surface area contributed by atoms with Gasteiger partial charge in [-0.1, -0.05) is 20.8 Å². The zero-order chi connectivity index (χ0) is 13.1. The maximum absolute atomic E-state index is 12.1. The van der Waals surface area contributed by atoms with Crippen LogP contribution in [0.2, 0.25) is 0 Å². The number of rotatable bonds is 3. The van der Waals surface area contributed by atoms with Gasteiger partial charge in [-0.3, -0.25) is 9.59 Å². The predicted octanol–water partition coefficient (Wildman–Crippen LogP) is 1.06. The largest absolute Gasteiger partial charge is 0.342 e. The number of carbonyl (C=O) groups is 2. The lowest BCUT2D eigenvalue weighted by Crippen LogP contribution is -2.44. The molecule has 0 bridgehead atoms. The first kappa shape index (κ1) is 14.2. The van der Waals surface area contributed by atoms with E-state index in [0.717, 1.165) is 12.8 Å². The molecule has 0 atom stereocenters. The standard InChI is InChI=1S/C13H24N2O2/c1-13(2,3)12(17)10-5-7-15(8-6-10)11(16)9-14-4/h10,14H,5-9H2,1-4H3. The van der Waals surface area contributed by atoms with E-state index >= 15 is 0 Å². The van der Waals surface area contributed by atoms with Crippen molar-refractivity contribution in [1.82, 2.24) is 10.2 Å². The van der Waals surface area contributed by atoms with Crippen LogP contribution in [-0.2, 0) is 9.59 Å². The maximum Gasteiger partial charge on any atom is 0.236 e. The maximum atomic E-state index is 12.1. The van der Waals surface area contributed by atoms with E-state index in [0.29, 0.717) is 25.4 Å². The molecule has 4 heteroatoms. The Kier molecular flexibility index (Phi) is 4.69. The molecule has 1 fully saturated rings. The number of piperidine rings is 1. The number of Topliss-reactive ketones (excluding diaryl/α,β-unsaturated/α-hetero) is 1. The number of nitrogens with zero attached hydrogens (tertiary/aromatic N) is 1. The van der Waals surface area contributed by atoms with Gasteiger partial charge in [0.15, 0.2) is 0 Å². The normalized spacial score (nSPS) is 18.2. The molecule has 1 aliphatic rings. The number of hydrogen-bond donors (Lipinski definition) is 1. The summed E-state index contributed by atoms with van der Waals surface area (Å²) >= 11 is 0. The van der Waals surface area contributed by atoms with Crippen molar-refractivity contribution in [2.75, 3.05) is 26.7 Å². The van der Waals surface area contributed by atoms with E-state index in [1.165, 1.54) is 0 Å². The number of hydrogen-bond acceptors (Lipinski definition) is 3. The molecule has 4 nitrogen and oxygen atoms in total. The molecule has 1 N–H and O–H groups in total. The Bertz CT molecular complexity index is 286. The first-order valence-corrected chi connectivity index (χ1v) is 6.33. The summed E-state index contributed by atoms with van der Waals surface area (Å²) in [4.78, 5) is 25.6. The van der Waals surface area contributed by atoms with E-state index in [4.69, 9.17) is 0 Å². The van der Waals surface area contributed by atoms with Crippen molar-refractivity contribution in [3.63, 3.8) is 0 Å². The molecule has 1 heterocycles. The minimum Gasteiger partial charge on any atom is -0.342 e. The second-order valence-electron chi connectivity index (χ2n) is 5.80. The third kappa shape index (κ3) is 3.80. The molecule has 0 aliphatic carbocycles. The monoisotopic (exact) mass is 240 g/mol. The van der Waals surface area contributed by atoms with Gasteiger partial charge in [-0.2, -0.15) is 0 Å². The van der Waals surface area contributed by atoms with Crippen molar-refractivity contribution in [2.24, 2.45) is 11.3 Å². The summed E-state index contributed by atoms with van der Waals surface area (Å²) in [6.45, 7) is 7.72. The molecular formula is C13H24N2O2. The van der Waals surface area contributed by atoms with Gasteiger partial charge in [-0.25, -0.2) is 0 Å². The number of likely N-dealkylation sites (tertiary alicyclic amines) is 1. The highest BCUT2D eigenvalue weighted by molar-refractivity contribution is 5.86. The van der Waals surface area contributed by atoms with Crippen LogP contribution >= 0.6 is 0 Å². The van der Waals surface area contributed by atoms with Crippen LogP contribution in [0.1, 0.15) is 33.6 Å². The fourth-order valence-corrected chi connectivity index (χ4v) is 2.27. The highest BCUT2D eigenvalue weighted by atomic mass is 16.2. The average molecular weight is 240 g/mol. The summed E-state index contributed by atoms with van der Waals surface area (Å²) in [7, 11) is 1.77. The Morgan fingerprint density at radius 1 is 1.24 bits per heavy atom. The fourth-order valence-electron chi connectivity index (χ4n) is 2.27. The van der Waals surface area contributed by atoms with E-state index in [1.54, 1.807) is 7.05 Å². The van der Waals surface area contributed by atoms with Crippen LogP contribution in [0.25, 0.3) is 0 Å². The number of carbonyl (C=O) groups excluding carboxylic acids is 2.